The Bertz CT molecular complexity index is 332. The van der Waals surface area contributed by atoms with Gasteiger partial charge in [-0.15, -0.1) is 0 Å². The van der Waals surface area contributed by atoms with Crippen molar-refractivity contribution in [3.05, 3.63) is 11.6 Å². The van der Waals surface area contributed by atoms with E-state index in [2.05, 4.69) is 33.8 Å². The molecule has 0 bridgehead atoms. The first-order valence-electron chi connectivity index (χ1n) is 6.79. The molecule has 0 saturated heterocycles. The number of hydrogen-bond donors (Lipinski definition) is 2. The van der Waals surface area contributed by atoms with Crippen LogP contribution in [0.25, 0.3) is 0 Å². The zero-order valence-corrected chi connectivity index (χ0v) is 11.5. The van der Waals surface area contributed by atoms with Crippen LogP contribution < -0.4 is 0 Å². The molecule has 1 fully saturated rings. The Morgan fingerprint density at radius 3 is 2.53 bits per heavy atom. The zero-order valence-electron chi connectivity index (χ0n) is 11.5. The largest absolute Gasteiger partial charge is 0.393 e. The minimum atomic E-state index is -0.302. The maximum Gasteiger partial charge on any atom is 0.0628 e. The zero-order chi connectivity index (χ0) is 12.8. The van der Waals surface area contributed by atoms with Gasteiger partial charge in [0.2, 0.25) is 0 Å². The van der Waals surface area contributed by atoms with Gasteiger partial charge in [-0.2, -0.15) is 0 Å². The van der Waals surface area contributed by atoms with Crippen molar-refractivity contribution < 1.29 is 10.2 Å². The summed E-state index contributed by atoms with van der Waals surface area (Å²) in [7, 11) is 0. The van der Waals surface area contributed by atoms with Gasteiger partial charge < -0.3 is 10.2 Å². The van der Waals surface area contributed by atoms with Crippen molar-refractivity contribution in [1.82, 2.24) is 0 Å². The molecule has 1 saturated carbocycles. The van der Waals surface area contributed by atoms with Crippen LogP contribution >= 0.6 is 0 Å². The maximum atomic E-state index is 10.5. The lowest BCUT2D eigenvalue weighted by Crippen LogP contribution is -2.35. The molecular formula is C15H26O2. The lowest BCUT2D eigenvalue weighted by atomic mass is 9.76. The Kier molecular flexibility index (Phi) is 3.16. The van der Waals surface area contributed by atoms with Crippen molar-refractivity contribution in [2.24, 2.45) is 16.7 Å². The molecule has 2 N–H and O–H groups in total. The molecule has 0 radical (unpaired) electrons. The quantitative estimate of drug-likeness (QED) is 0.637. The molecule has 17 heavy (non-hydrogen) atoms. The highest BCUT2D eigenvalue weighted by Gasteiger charge is 2.60. The summed E-state index contributed by atoms with van der Waals surface area (Å²) < 4.78 is 0. The van der Waals surface area contributed by atoms with E-state index in [0.29, 0.717) is 0 Å². The number of hydrogen-bond acceptors (Lipinski definition) is 2. The van der Waals surface area contributed by atoms with Crippen LogP contribution in [-0.2, 0) is 0 Å². The molecule has 2 heteroatoms. The Morgan fingerprint density at radius 1 is 1.24 bits per heavy atom. The van der Waals surface area contributed by atoms with E-state index in [4.69, 9.17) is 0 Å². The van der Waals surface area contributed by atoms with Gasteiger partial charge in [0.25, 0.3) is 0 Å². The average Bonchev–Trinajstić information content (AvgIpc) is 2.95. The van der Waals surface area contributed by atoms with Crippen molar-refractivity contribution in [2.75, 3.05) is 0 Å². The van der Waals surface area contributed by atoms with E-state index in [1.54, 1.807) is 0 Å². The second-order valence-corrected chi connectivity index (χ2v) is 7.06. The second kappa shape index (κ2) is 4.10. The third kappa shape index (κ3) is 2.30. The van der Waals surface area contributed by atoms with Gasteiger partial charge in [0.05, 0.1) is 12.2 Å². The van der Waals surface area contributed by atoms with Crippen molar-refractivity contribution >= 4 is 0 Å². The fourth-order valence-electron chi connectivity index (χ4n) is 3.17. The second-order valence-electron chi connectivity index (χ2n) is 7.06. The number of allylic oxidation sites excluding steroid dienone is 2. The molecule has 0 aromatic rings. The Labute approximate surface area is 105 Å². The number of rotatable bonds is 0. The Balaban J connectivity index is 2.24. The van der Waals surface area contributed by atoms with E-state index >= 15 is 0 Å². The first kappa shape index (κ1) is 13.1. The lowest BCUT2D eigenvalue weighted by Gasteiger charge is -2.33. The molecule has 0 aromatic carbocycles. The highest BCUT2D eigenvalue weighted by atomic mass is 16.3. The van der Waals surface area contributed by atoms with Gasteiger partial charge in [-0.05, 0) is 49.4 Å². The van der Waals surface area contributed by atoms with E-state index < -0.39 is 0 Å². The predicted octanol–water partition coefficient (Wildman–Crippen LogP) is 2.89. The summed E-state index contributed by atoms with van der Waals surface area (Å²) in [5.74, 6) is 0.277. The SMILES string of the molecule is CC1=CCC(C)(C)[C@@H](O)[C@H]2C[C@@]2(C)[C@@H](O)CC1. The molecule has 0 amide bonds. The summed E-state index contributed by atoms with van der Waals surface area (Å²) in [4.78, 5) is 0. The van der Waals surface area contributed by atoms with Crippen LogP contribution in [-0.4, -0.2) is 22.4 Å². The average molecular weight is 238 g/mol. The van der Waals surface area contributed by atoms with Gasteiger partial charge >= 0.3 is 0 Å². The first-order valence-corrected chi connectivity index (χ1v) is 6.79. The lowest BCUT2D eigenvalue weighted by molar-refractivity contribution is -0.000852. The summed E-state index contributed by atoms with van der Waals surface area (Å²) >= 11 is 0. The monoisotopic (exact) mass is 238 g/mol. The molecule has 98 valence electrons. The topological polar surface area (TPSA) is 40.5 Å². The van der Waals surface area contributed by atoms with E-state index in [1.165, 1.54) is 5.57 Å². The van der Waals surface area contributed by atoms with Crippen molar-refractivity contribution in [2.45, 2.75) is 65.6 Å². The van der Waals surface area contributed by atoms with E-state index in [9.17, 15) is 10.2 Å². The third-order valence-electron chi connectivity index (χ3n) is 5.08. The normalized spacial score (nSPS) is 45.8. The summed E-state index contributed by atoms with van der Waals surface area (Å²) in [6.07, 6.45) is 5.39. The fraction of sp³-hybridized carbons (Fsp3) is 0.867. The fourth-order valence-corrected chi connectivity index (χ4v) is 3.17. The van der Waals surface area contributed by atoms with E-state index in [1.807, 2.05) is 0 Å². The highest BCUT2D eigenvalue weighted by molar-refractivity contribution is 5.12. The van der Waals surface area contributed by atoms with Crippen LogP contribution in [0.5, 0.6) is 0 Å². The van der Waals surface area contributed by atoms with Crippen molar-refractivity contribution in [1.29, 1.82) is 0 Å². The number of fused-ring (bicyclic) bond motifs is 1. The van der Waals surface area contributed by atoms with E-state index in [0.717, 1.165) is 25.7 Å². The molecule has 0 heterocycles. The van der Waals surface area contributed by atoms with Crippen LogP contribution in [0, 0.1) is 16.7 Å². The van der Waals surface area contributed by atoms with Gasteiger partial charge in [-0.3, -0.25) is 0 Å². The van der Waals surface area contributed by atoms with Gasteiger partial charge in [0, 0.05) is 0 Å². The highest BCUT2D eigenvalue weighted by Crippen LogP contribution is 2.60. The summed E-state index contributed by atoms with van der Waals surface area (Å²) in [6, 6.07) is 0. The number of aliphatic hydroxyl groups is 2. The molecule has 0 unspecified atom stereocenters. The standard InChI is InChI=1S/C15H26O2/c1-10-5-6-12(16)15(4)9-11(15)13(17)14(2,3)8-7-10/h7,11-13,16-17H,5-6,8-9H2,1-4H3/t11-,12+,13+,15-/m1/s1. The van der Waals surface area contributed by atoms with Crippen LogP contribution in [0.3, 0.4) is 0 Å². The summed E-state index contributed by atoms with van der Waals surface area (Å²) in [5, 5.41) is 20.8. The Hall–Kier alpha value is -0.340. The number of aliphatic hydroxyl groups excluding tert-OH is 2. The predicted molar refractivity (Wildman–Crippen MR) is 69.6 cm³/mol. The van der Waals surface area contributed by atoms with Crippen molar-refractivity contribution in [3.8, 4) is 0 Å². The van der Waals surface area contributed by atoms with Gasteiger partial charge in [-0.25, -0.2) is 0 Å². The van der Waals surface area contributed by atoms with Gasteiger partial charge in [0.15, 0.2) is 0 Å². The first-order chi connectivity index (χ1) is 7.77. The molecule has 0 aliphatic heterocycles. The van der Waals surface area contributed by atoms with Crippen LogP contribution in [0.2, 0.25) is 0 Å². The van der Waals surface area contributed by atoms with E-state index in [-0.39, 0.29) is 29.0 Å². The van der Waals surface area contributed by atoms with Gasteiger partial charge in [0.1, 0.15) is 0 Å². The third-order valence-corrected chi connectivity index (χ3v) is 5.08. The Morgan fingerprint density at radius 2 is 1.88 bits per heavy atom. The minimum absolute atomic E-state index is 0.0473. The molecule has 2 rings (SSSR count). The van der Waals surface area contributed by atoms with Crippen molar-refractivity contribution in [3.63, 3.8) is 0 Å². The minimum Gasteiger partial charge on any atom is -0.393 e. The molecular weight excluding hydrogens is 212 g/mol. The van der Waals surface area contributed by atoms with Crippen LogP contribution in [0.4, 0.5) is 0 Å². The van der Waals surface area contributed by atoms with Gasteiger partial charge in [-0.1, -0.05) is 32.4 Å². The maximum absolute atomic E-state index is 10.5. The van der Waals surface area contributed by atoms with Crippen LogP contribution in [0.1, 0.15) is 53.4 Å². The molecule has 2 aliphatic rings. The molecule has 2 nitrogen and oxygen atoms in total. The molecule has 0 aromatic heterocycles. The van der Waals surface area contributed by atoms with Crippen LogP contribution in [0.15, 0.2) is 11.6 Å². The summed E-state index contributed by atoms with van der Waals surface area (Å²) in [6.45, 7) is 8.52. The smallest absolute Gasteiger partial charge is 0.0628 e. The molecule has 4 atom stereocenters. The molecule has 0 spiro atoms. The summed E-state index contributed by atoms with van der Waals surface area (Å²) in [5.41, 5.74) is 1.21. The molecule has 2 aliphatic carbocycles.